The number of nitrogens with zero attached hydrogens (tertiary/aromatic N) is 4. The molecule has 5 nitrogen and oxygen atoms in total. The maximum atomic E-state index is 5.28. The fraction of sp³-hybridized carbons (Fsp3) is 0.533. The van der Waals surface area contributed by atoms with Gasteiger partial charge in [0.2, 0.25) is 5.89 Å². The first-order valence-corrected chi connectivity index (χ1v) is 8.22. The molecule has 0 radical (unpaired) electrons. The van der Waals surface area contributed by atoms with Crippen molar-refractivity contribution < 1.29 is 4.52 Å². The van der Waals surface area contributed by atoms with Gasteiger partial charge in [-0.25, -0.2) is 4.98 Å². The van der Waals surface area contributed by atoms with Gasteiger partial charge < -0.3 is 4.52 Å². The Labute approximate surface area is 129 Å². The van der Waals surface area contributed by atoms with Crippen LogP contribution in [0.1, 0.15) is 37.5 Å². The van der Waals surface area contributed by atoms with Gasteiger partial charge in [0.25, 0.3) is 0 Å². The van der Waals surface area contributed by atoms with Gasteiger partial charge in [0.1, 0.15) is 0 Å². The van der Waals surface area contributed by atoms with Gasteiger partial charge in [-0.1, -0.05) is 11.2 Å². The second-order valence-corrected chi connectivity index (χ2v) is 6.70. The third-order valence-corrected chi connectivity index (χ3v) is 5.14. The highest BCUT2D eigenvalue weighted by molar-refractivity contribution is 7.99. The minimum Gasteiger partial charge on any atom is -0.338 e. The van der Waals surface area contributed by atoms with Crippen molar-refractivity contribution in [2.75, 3.05) is 13.1 Å². The third kappa shape index (κ3) is 3.63. The van der Waals surface area contributed by atoms with E-state index in [0.29, 0.717) is 11.1 Å². The number of likely N-dealkylation sites (tertiary alicyclic amines) is 1. The molecule has 0 aliphatic carbocycles. The van der Waals surface area contributed by atoms with E-state index in [9.17, 15) is 0 Å². The number of hydrogen-bond donors (Lipinski definition) is 0. The molecule has 0 saturated carbocycles. The molecule has 1 atom stereocenters. The fourth-order valence-electron chi connectivity index (χ4n) is 2.61. The van der Waals surface area contributed by atoms with Crippen LogP contribution in [0.25, 0.3) is 0 Å². The number of piperidine rings is 1. The quantitative estimate of drug-likeness (QED) is 0.865. The van der Waals surface area contributed by atoms with E-state index < -0.39 is 0 Å². The summed E-state index contributed by atoms with van der Waals surface area (Å²) in [5.41, 5.74) is 0. The van der Waals surface area contributed by atoms with Crippen molar-refractivity contribution in [3.63, 3.8) is 0 Å². The molecule has 1 fully saturated rings. The minimum absolute atomic E-state index is 0.201. The first-order chi connectivity index (χ1) is 10.2. The molecule has 1 aliphatic heterocycles. The molecule has 21 heavy (non-hydrogen) atoms. The highest BCUT2D eigenvalue weighted by Gasteiger charge is 2.27. The third-order valence-electron chi connectivity index (χ3n) is 3.85. The van der Waals surface area contributed by atoms with Crippen molar-refractivity contribution in [1.29, 1.82) is 0 Å². The van der Waals surface area contributed by atoms with E-state index in [1.807, 2.05) is 37.0 Å². The molecule has 0 amide bonds. The molecule has 1 unspecified atom stereocenters. The van der Waals surface area contributed by atoms with Crippen molar-refractivity contribution in [2.24, 2.45) is 0 Å². The fourth-order valence-corrected chi connectivity index (χ4v) is 3.67. The zero-order valence-electron chi connectivity index (χ0n) is 12.4. The molecule has 0 bridgehead atoms. The normalized spacial score (nSPS) is 18.8. The molecule has 2 aromatic heterocycles. The van der Waals surface area contributed by atoms with E-state index in [-0.39, 0.29) is 6.04 Å². The van der Waals surface area contributed by atoms with Crippen LogP contribution in [0.15, 0.2) is 33.9 Å². The van der Waals surface area contributed by atoms with Crippen LogP contribution in [-0.4, -0.2) is 38.4 Å². The Balaban J connectivity index is 1.53. The average molecular weight is 304 g/mol. The van der Waals surface area contributed by atoms with Gasteiger partial charge >= 0.3 is 0 Å². The molecule has 6 heteroatoms. The van der Waals surface area contributed by atoms with Crippen molar-refractivity contribution in [3.8, 4) is 0 Å². The lowest BCUT2D eigenvalue weighted by molar-refractivity contribution is 0.148. The number of hydrogen-bond acceptors (Lipinski definition) is 6. The Hall–Kier alpha value is -1.40. The van der Waals surface area contributed by atoms with Crippen LogP contribution in [0.5, 0.6) is 0 Å². The average Bonchev–Trinajstić information content (AvgIpc) is 2.95. The minimum atomic E-state index is 0.201. The van der Waals surface area contributed by atoms with Gasteiger partial charge in [0.15, 0.2) is 5.82 Å². The summed E-state index contributed by atoms with van der Waals surface area (Å²) in [6.45, 7) is 6.12. The lowest BCUT2D eigenvalue weighted by Gasteiger charge is -2.34. The Morgan fingerprint density at radius 1 is 1.33 bits per heavy atom. The number of aryl methyl sites for hydroxylation is 1. The SMILES string of the molecule is Cc1noc(C(C)N2CCC(Sc3ccccn3)CC2)n1. The smallest absolute Gasteiger partial charge is 0.243 e. The van der Waals surface area contributed by atoms with Crippen LogP contribution in [0, 0.1) is 6.92 Å². The molecule has 3 heterocycles. The van der Waals surface area contributed by atoms with E-state index in [0.717, 1.165) is 24.0 Å². The van der Waals surface area contributed by atoms with E-state index in [4.69, 9.17) is 4.52 Å². The van der Waals surface area contributed by atoms with E-state index >= 15 is 0 Å². The molecule has 1 saturated heterocycles. The summed E-state index contributed by atoms with van der Waals surface area (Å²) in [7, 11) is 0. The maximum absolute atomic E-state index is 5.28. The van der Waals surface area contributed by atoms with Crippen LogP contribution < -0.4 is 0 Å². The first kappa shape index (κ1) is 14.5. The molecule has 0 spiro atoms. The van der Waals surface area contributed by atoms with Gasteiger partial charge in [-0.15, -0.1) is 11.8 Å². The largest absolute Gasteiger partial charge is 0.338 e. The number of aromatic nitrogens is 3. The predicted octanol–water partition coefficient (Wildman–Crippen LogP) is 3.09. The monoisotopic (exact) mass is 304 g/mol. The van der Waals surface area contributed by atoms with Crippen molar-refractivity contribution >= 4 is 11.8 Å². The Bertz CT molecular complexity index is 566. The lowest BCUT2D eigenvalue weighted by Crippen LogP contribution is -2.36. The van der Waals surface area contributed by atoms with Crippen LogP contribution in [-0.2, 0) is 0 Å². The molecule has 112 valence electrons. The number of rotatable bonds is 4. The Morgan fingerprint density at radius 3 is 2.76 bits per heavy atom. The van der Waals surface area contributed by atoms with Gasteiger partial charge in [-0.3, -0.25) is 4.90 Å². The summed E-state index contributed by atoms with van der Waals surface area (Å²) in [6, 6.07) is 6.29. The molecule has 0 N–H and O–H groups in total. The standard InChI is InChI=1S/C15H20N4OS/c1-11(15-17-12(2)18-20-15)19-9-6-13(7-10-19)21-14-5-3-4-8-16-14/h3-5,8,11,13H,6-7,9-10H2,1-2H3. The van der Waals surface area contributed by atoms with E-state index in [2.05, 4.69) is 33.0 Å². The van der Waals surface area contributed by atoms with E-state index in [1.54, 1.807) is 0 Å². The second kappa shape index (κ2) is 6.58. The van der Waals surface area contributed by atoms with Gasteiger partial charge in [-0.05, 0) is 51.9 Å². The predicted molar refractivity (Wildman–Crippen MR) is 82.1 cm³/mol. The van der Waals surface area contributed by atoms with Crippen molar-refractivity contribution in [2.45, 2.75) is 43.0 Å². The molecule has 3 rings (SSSR count). The van der Waals surface area contributed by atoms with Crippen LogP contribution in [0.2, 0.25) is 0 Å². The second-order valence-electron chi connectivity index (χ2n) is 5.38. The molecule has 2 aromatic rings. The van der Waals surface area contributed by atoms with Gasteiger partial charge in [-0.2, -0.15) is 4.98 Å². The van der Waals surface area contributed by atoms with Crippen molar-refractivity contribution in [3.05, 3.63) is 36.1 Å². The summed E-state index contributed by atoms with van der Waals surface area (Å²) in [6.07, 6.45) is 4.19. The van der Waals surface area contributed by atoms with Crippen molar-refractivity contribution in [1.82, 2.24) is 20.0 Å². The maximum Gasteiger partial charge on any atom is 0.243 e. The zero-order chi connectivity index (χ0) is 14.7. The highest BCUT2D eigenvalue weighted by atomic mass is 32.2. The van der Waals surface area contributed by atoms with Crippen LogP contribution in [0.3, 0.4) is 0 Å². The summed E-state index contributed by atoms with van der Waals surface area (Å²) in [5.74, 6) is 1.43. The highest BCUT2D eigenvalue weighted by Crippen LogP contribution is 2.31. The van der Waals surface area contributed by atoms with E-state index in [1.165, 1.54) is 12.8 Å². The summed E-state index contributed by atoms with van der Waals surface area (Å²) in [5, 5.41) is 5.65. The lowest BCUT2D eigenvalue weighted by atomic mass is 10.1. The zero-order valence-corrected chi connectivity index (χ0v) is 13.2. The summed E-state index contributed by atoms with van der Waals surface area (Å²) < 4.78 is 5.28. The Morgan fingerprint density at radius 2 is 2.14 bits per heavy atom. The molecule has 1 aliphatic rings. The first-order valence-electron chi connectivity index (χ1n) is 7.34. The summed E-state index contributed by atoms with van der Waals surface area (Å²) in [4.78, 5) is 11.2. The number of pyridine rings is 1. The Kier molecular flexibility index (Phi) is 4.55. The number of thioether (sulfide) groups is 1. The summed E-state index contributed by atoms with van der Waals surface area (Å²) >= 11 is 1.89. The van der Waals surface area contributed by atoms with Crippen LogP contribution in [0.4, 0.5) is 0 Å². The van der Waals surface area contributed by atoms with Gasteiger partial charge in [0.05, 0.1) is 11.1 Å². The van der Waals surface area contributed by atoms with Gasteiger partial charge in [0, 0.05) is 11.4 Å². The molecule has 0 aromatic carbocycles. The molecular weight excluding hydrogens is 284 g/mol. The topological polar surface area (TPSA) is 55.1 Å². The van der Waals surface area contributed by atoms with Crippen LogP contribution >= 0.6 is 11.8 Å². The molecular formula is C15H20N4OS.